The lowest BCUT2D eigenvalue weighted by molar-refractivity contribution is -0.384. The third kappa shape index (κ3) is 5.29. The Bertz CT molecular complexity index is 865. The Morgan fingerprint density at radius 3 is 2.43 bits per heavy atom. The van der Waals surface area contributed by atoms with Crippen molar-refractivity contribution in [2.45, 2.75) is 26.2 Å². The highest BCUT2D eigenvalue weighted by Gasteiger charge is 2.18. The van der Waals surface area contributed by atoms with Crippen molar-refractivity contribution in [2.24, 2.45) is 0 Å². The summed E-state index contributed by atoms with van der Waals surface area (Å²) in [5.74, 6) is -0.872. The van der Waals surface area contributed by atoms with Gasteiger partial charge in [-0.25, -0.2) is 4.79 Å². The molecule has 148 valence electrons. The molecule has 8 heteroatoms. The Kier molecular flexibility index (Phi) is 7.08. The van der Waals surface area contributed by atoms with Crippen LogP contribution in [-0.4, -0.2) is 30.5 Å². The molecular weight excluding hydrogens is 362 g/mol. The number of esters is 1. The Morgan fingerprint density at radius 1 is 1.18 bits per heavy atom. The van der Waals surface area contributed by atoms with Gasteiger partial charge in [-0.3, -0.25) is 14.9 Å². The van der Waals surface area contributed by atoms with Crippen LogP contribution < -0.4 is 10.6 Å². The maximum absolute atomic E-state index is 12.1. The number of ether oxygens (including phenoxy) is 1. The van der Waals surface area contributed by atoms with Gasteiger partial charge in [0.05, 0.1) is 10.5 Å². The zero-order valence-electron chi connectivity index (χ0n) is 16.0. The highest BCUT2D eigenvalue weighted by Crippen LogP contribution is 2.25. The number of benzene rings is 2. The first-order valence-corrected chi connectivity index (χ1v) is 8.88. The van der Waals surface area contributed by atoms with Gasteiger partial charge in [0.25, 0.3) is 11.6 Å². The summed E-state index contributed by atoms with van der Waals surface area (Å²) in [5.41, 5.74) is 1.81. The summed E-state index contributed by atoms with van der Waals surface area (Å²) in [6, 6.07) is 11.4. The lowest BCUT2D eigenvalue weighted by Crippen LogP contribution is -2.21. The van der Waals surface area contributed by atoms with Crippen LogP contribution in [0.15, 0.2) is 42.5 Å². The molecule has 0 bridgehead atoms. The van der Waals surface area contributed by atoms with Crippen molar-refractivity contribution in [1.29, 1.82) is 0 Å². The number of rotatable bonds is 8. The highest BCUT2D eigenvalue weighted by atomic mass is 16.6. The maximum atomic E-state index is 12.1. The summed E-state index contributed by atoms with van der Waals surface area (Å²) in [5, 5.41) is 16.4. The maximum Gasteiger partial charge on any atom is 0.338 e. The van der Waals surface area contributed by atoms with Crippen LogP contribution in [-0.2, 0) is 9.53 Å². The third-order valence-electron chi connectivity index (χ3n) is 4.41. The van der Waals surface area contributed by atoms with E-state index in [1.54, 1.807) is 19.2 Å². The minimum atomic E-state index is -0.812. The summed E-state index contributed by atoms with van der Waals surface area (Å²) in [6.45, 7) is 3.74. The number of amides is 1. The number of anilines is 2. The lowest BCUT2D eigenvalue weighted by Gasteiger charge is -2.11. The fraction of sp³-hybridized carbons (Fsp3) is 0.300. The first-order valence-electron chi connectivity index (χ1n) is 8.88. The molecule has 0 aliphatic carbocycles. The molecule has 0 radical (unpaired) electrons. The van der Waals surface area contributed by atoms with Gasteiger partial charge in [0.2, 0.25) is 0 Å². The lowest BCUT2D eigenvalue weighted by atomic mass is 9.99. The van der Waals surface area contributed by atoms with Crippen LogP contribution in [0.25, 0.3) is 0 Å². The van der Waals surface area contributed by atoms with E-state index in [2.05, 4.69) is 24.5 Å². The second-order valence-corrected chi connectivity index (χ2v) is 6.29. The van der Waals surface area contributed by atoms with Crippen LogP contribution in [0.3, 0.4) is 0 Å². The molecule has 0 saturated carbocycles. The molecule has 28 heavy (non-hydrogen) atoms. The molecule has 2 aromatic rings. The van der Waals surface area contributed by atoms with Crippen molar-refractivity contribution >= 4 is 28.9 Å². The van der Waals surface area contributed by atoms with Gasteiger partial charge >= 0.3 is 5.97 Å². The molecular formula is C20H23N3O5. The van der Waals surface area contributed by atoms with E-state index < -0.39 is 23.4 Å². The number of nitrogens with one attached hydrogen (secondary N) is 2. The highest BCUT2D eigenvalue weighted by molar-refractivity contribution is 5.96. The second-order valence-electron chi connectivity index (χ2n) is 6.29. The summed E-state index contributed by atoms with van der Waals surface area (Å²) in [6.07, 6.45) is 1.02. The standard InChI is InChI=1S/C20H23N3O5/c1-4-13(2)14-5-8-16(9-6-14)22-19(24)12-28-20(25)15-7-10-17(21-3)18(11-15)23(26)27/h5-11,13,21H,4,12H2,1-3H3,(H,22,24)/t13-/m0/s1. The van der Waals surface area contributed by atoms with Gasteiger partial charge < -0.3 is 15.4 Å². The van der Waals surface area contributed by atoms with Crippen molar-refractivity contribution in [2.75, 3.05) is 24.3 Å². The van der Waals surface area contributed by atoms with Crippen molar-refractivity contribution in [3.8, 4) is 0 Å². The summed E-state index contributed by atoms with van der Waals surface area (Å²) < 4.78 is 4.96. The monoisotopic (exact) mass is 385 g/mol. The minimum Gasteiger partial charge on any atom is -0.452 e. The summed E-state index contributed by atoms with van der Waals surface area (Å²) >= 11 is 0. The van der Waals surface area contributed by atoms with E-state index in [-0.39, 0.29) is 16.9 Å². The molecule has 0 aliphatic heterocycles. The average Bonchev–Trinajstić information content (AvgIpc) is 2.71. The first kappa shape index (κ1) is 20.9. The van der Waals surface area contributed by atoms with Gasteiger partial charge in [-0.05, 0) is 42.2 Å². The van der Waals surface area contributed by atoms with Crippen LogP contribution >= 0.6 is 0 Å². The van der Waals surface area contributed by atoms with E-state index in [0.717, 1.165) is 12.5 Å². The Labute approximate surface area is 163 Å². The molecule has 0 aliphatic rings. The van der Waals surface area contributed by atoms with Crippen LogP contribution in [0.5, 0.6) is 0 Å². The summed E-state index contributed by atoms with van der Waals surface area (Å²) in [4.78, 5) is 34.5. The van der Waals surface area contributed by atoms with Gasteiger partial charge in [-0.2, -0.15) is 0 Å². The Balaban J connectivity index is 1.94. The number of nitro groups is 1. The molecule has 1 atom stereocenters. The molecule has 0 saturated heterocycles. The molecule has 2 N–H and O–H groups in total. The van der Waals surface area contributed by atoms with E-state index in [4.69, 9.17) is 4.74 Å². The molecule has 0 aromatic heterocycles. The van der Waals surface area contributed by atoms with Gasteiger partial charge in [0.15, 0.2) is 6.61 Å². The fourth-order valence-corrected chi connectivity index (χ4v) is 2.56. The topological polar surface area (TPSA) is 111 Å². The zero-order valence-corrected chi connectivity index (χ0v) is 16.0. The number of carbonyl (C=O) groups is 2. The van der Waals surface area contributed by atoms with Gasteiger partial charge in [0.1, 0.15) is 5.69 Å². The minimum absolute atomic E-state index is 0.00333. The third-order valence-corrected chi connectivity index (χ3v) is 4.41. The van der Waals surface area contributed by atoms with Crippen molar-refractivity contribution in [1.82, 2.24) is 0 Å². The van der Waals surface area contributed by atoms with Crippen molar-refractivity contribution < 1.29 is 19.2 Å². The molecule has 1 amide bonds. The van der Waals surface area contributed by atoms with E-state index >= 15 is 0 Å². The number of nitrogens with zero attached hydrogens (tertiary/aromatic N) is 1. The Morgan fingerprint density at radius 2 is 1.86 bits per heavy atom. The van der Waals surface area contributed by atoms with Crippen LogP contribution in [0.2, 0.25) is 0 Å². The number of hydrogen-bond acceptors (Lipinski definition) is 6. The first-order chi connectivity index (χ1) is 13.3. The predicted molar refractivity (Wildman–Crippen MR) is 107 cm³/mol. The normalized spacial score (nSPS) is 11.4. The largest absolute Gasteiger partial charge is 0.452 e. The van der Waals surface area contributed by atoms with Crippen molar-refractivity contribution in [3.05, 3.63) is 63.7 Å². The second kappa shape index (κ2) is 9.50. The Hall–Kier alpha value is -3.42. The van der Waals surface area contributed by atoms with Crippen LogP contribution in [0.1, 0.15) is 42.1 Å². The number of hydrogen-bond donors (Lipinski definition) is 2. The quantitative estimate of drug-likeness (QED) is 0.404. The molecule has 8 nitrogen and oxygen atoms in total. The zero-order chi connectivity index (χ0) is 20.7. The smallest absolute Gasteiger partial charge is 0.338 e. The molecule has 0 unspecified atom stereocenters. The molecule has 0 spiro atoms. The number of nitro benzene ring substituents is 1. The molecule has 2 aromatic carbocycles. The van der Waals surface area contributed by atoms with Gasteiger partial charge in [0, 0.05) is 18.8 Å². The van der Waals surface area contributed by atoms with Crippen LogP contribution in [0.4, 0.5) is 17.1 Å². The van der Waals surface area contributed by atoms with Crippen molar-refractivity contribution in [3.63, 3.8) is 0 Å². The van der Waals surface area contributed by atoms with E-state index in [9.17, 15) is 19.7 Å². The predicted octanol–water partition coefficient (Wildman–Crippen LogP) is 3.95. The average molecular weight is 385 g/mol. The SMILES string of the molecule is CC[C@H](C)c1ccc(NC(=O)COC(=O)c2ccc(NC)c([N+](=O)[O-])c2)cc1. The van der Waals surface area contributed by atoms with E-state index in [1.165, 1.54) is 17.7 Å². The van der Waals surface area contributed by atoms with Crippen LogP contribution in [0, 0.1) is 10.1 Å². The van der Waals surface area contributed by atoms with E-state index in [0.29, 0.717) is 11.6 Å². The van der Waals surface area contributed by atoms with Gasteiger partial charge in [-0.1, -0.05) is 26.0 Å². The van der Waals surface area contributed by atoms with Gasteiger partial charge in [-0.15, -0.1) is 0 Å². The molecule has 2 rings (SSSR count). The van der Waals surface area contributed by atoms with E-state index in [1.807, 2.05) is 12.1 Å². The number of carbonyl (C=O) groups excluding carboxylic acids is 2. The molecule has 0 heterocycles. The summed E-state index contributed by atoms with van der Waals surface area (Å²) in [7, 11) is 1.54. The molecule has 0 fully saturated rings. The fourth-order valence-electron chi connectivity index (χ4n) is 2.56.